The monoisotopic (exact) mass is 140 g/mol. The zero-order chi connectivity index (χ0) is 7.23. The van der Waals surface area contributed by atoms with Crippen LogP contribution in [-0.4, -0.2) is 19.5 Å². The number of hydrogen-bond acceptors (Lipinski definition) is 2. The summed E-state index contributed by atoms with van der Waals surface area (Å²) in [5.41, 5.74) is 1.23. The molecule has 0 spiro atoms. The summed E-state index contributed by atoms with van der Waals surface area (Å²) < 4.78 is 5.20. The molecule has 0 amide bonds. The minimum absolute atomic E-state index is 0.587. The quantitative estimate of drug-likeness (QED) is 0.427. The van der Waals surface area contributed by atoms with Gasteiger partial charge in [-0.3, -0.25) is 0 Å². The second-order valence-electron chi connectivity index (χ2n) is 2.38. The fraction of sp³-hybridized carbons (Fsp3) is 0.625. The first-order valence-corrected chi connectivity index (χ1v) is 3.63. The van der Waals surface area contributed by atoms with Gasteiger partial charge in [0, 0.05) is 6.42 Å². The number of ether oxygens (including phenoxy) is 1. The summed E-state index contributed by atoms with van der Waals surface area (Å²) in [6, 6.07) is 0. The standard InChI is InChI=1S/C8H12O2/c9-5-3-8-2-1-6-10-7-4-8/h2,5H,1,3-4,6-7H2. The molecule has 0 radical (unpaired) electrons. The van der Waals surface area contributed by atoms with E-state index < -0.39 is 0 Å². The van der Waals surface area contributed by atoms with E-state index in [1.165, 1.54) is 5.57 Å². The largest absolute Gasteiger partial charge is 0.381 e. The Morgan fingerprint density at radius 2 is 2.50 bits per heavy atom. The van der Waals surface area contributed by atoms with Crippen LogP contribution in [0.3, 0.4) is 0 Å². The molecule has 56 valence electrons. The van der Waals surface area contributed by atoms with Gasteiger partial charge >= 0.3 is 0 Å². The molecule has 0 unspecified atom stereocenters. The second-order valence-corrected chi connectivity index (χ2v) is 2.38. The van der Waals surface area contributed by atoms with E-state index in [0.29, 0.717) is 6.42 Å². The average Bonchev–Trinajstić information content (AvgIpc) is 2.17. The zero-order valence-corrected chi connectivity index (χ0v) is 6.01. The molecule has 0 atom stereocenters. The first-order chi connectivity index (χ1) is 4.93. The van der Waals surface area contributed by atoms with Gasteiger partial charge in [-0.05, 0) is 12.8 Å². The van der Waals surface area contributed by atoms with Crippen LogP contribution in [0.4, 0.5) is 0 Å². The Balaban J connectivity index is 2.38. The van der Waals surface area contributed by atoms with Crippen LogP contribution in [-0.2, 0) is 9.53 Å². The maximum absolute atomic E-state index is 10.1. The summed E-state index contributed by atoms with van der Waals surface area (Å²) in [5, 5.41) is 0. The topological polar surface area (TPSA) is 26.3 Å². The van der Waals surface area contributed by atoms with Gasteiger partial charge in [-0.25, -0.2) is 0 Å². The highest BCUT2D eigenvalue weighted by Gasteiger charge is 2.00. The molecule has 0 saturated heterocycles. The van der Waals surface area contributed by atoms with Crippen LogP contribution in [0.1, 0.15) is 19.3 Å². The Morgan fingerprint density at radius 3 is 3.30 bits per heavy atom. The lowest BCUT2D eigenvalue weighted by atomic mass is 10.1. The fourth-order valence-corrected chi connectivity index (χ4v) is 1.05. The molecule has 0 aromatic carbocycles. The Kier molecular flexibility index (Phi) is 3.16. The molecule has 1 aliphatic rings. The Labute approximate surface area is 60.9 Å². The van der Waals surface area contributed by atoms with Gasteiger partial charge in [-0.15, -0.1) is 0 Å². The third-order valence-electron chi connectivity index (χ3n) is 1.61. The van der Waals surface area contributed by atoms with E-state index in [-0.39, 0.29) is 0 Å². The smallest absolute Gasteiger partial charge is 0.124 e. The van der Waals surface area contributed by atoms with Crippen LogP contribution in [0, 0.1) is 0 Å². The molecular weight excluding hydrogens is 128 g/mol. The average molecular weight is 140 g/mol. The number of carbonyl (C=O) groups is 1. The van der Waals surface area contributed by atoms with E-state index in [9.17, 15) is 4.79 Å². The molecule has 1 heterocycles. The van der Waals surface area contributed by atoms with Crippen molar-refractivity contribution in [2.75, 3.05) is 13.2 Å². The van der Waals surface area contributed by atoms with Crippen molar-refractivity contribution in [3.8, 4) is 0 Å². The predicted molar refractivity (Wildman–Crippen MR) is 38.8 cm³/mol. The predicted octanol–water partition coefficient (Wildman–Crippen LogP) is 1.31. The molecule has 1 aliphatic heterocycles. The molecule has 0 aromatic heterocycles. The lowest BCUT2D eigenvalue weighted by Crippen LogP contribution is -1.92. The third kappa shape index (κ3) is 2.31. The summed E-state index contributed by atoms with van der Waals surface area (Å²) in [4.78, 5) is 10.1. The maximum Gasteiger partial charge on any atom is 0.124 e. The molecule has 0 bridgehead atoms. The molecule has 0 N–H and O–H groups in total. The van der Waals surface area contributed by atoms with Crippen LogP contribution in [0.2, 0.25) is 0 Å². The fourth-order valence-electron chi connectivity index (χ4n) is 1.05. The lowest BCUT2D eigenvalue weighted by molar-refractivity contribution is -0.107. The van der Waals surface area contributed by atoms with Crippen LogP contribution in [0.5, 0.6) is 0 Å². The minimum Gasteiger partial charge on any atom is -0.381 e. The van der Waals surface area contributed by atoms with Crippen molar-refractivity contribution in [3.63, 3.8) is 0 Å². The van der Waals surface area contributed by atoms with E-state index in [4.69, 9.17) is 4.74 Å². The van der Waals surface area contributed by atoms with Gasteiger partial charge in [0.25, 0.3) is 0 Å². The lowest BCUT2D eigenvalue weighted by Gasteiger charge is -1.97. The molecular formula is C8H12O2. The third-order valence-corrected chi connectivity index (χ3v) is 1.61. The highest BCUT2D eigenvalue weighted by molar-refractivity contribution is 5.54. The van der Waals surface area contributed by atoms with Crippen LogP contribution < -0.4 is 0 Å². The maximum atomic E-state index is 10.1. The van der Waals surface area contributed by atoms with Crippen LogP contribution in [0.15, 0.2) is 11.6 Å². The summed E-state index contributed by atoms with van der Waals surface area (Å²) in [5.74, 6) is 0. The van der Waals surface area contributed by atoms with Crippen molar-refractivity contribution in [1.29, 1.82) is 0 Å². The van der Waals surface area contributed by atoms with E-state index >= 15 is 0 Å². The molecule has 10 heavy (non-hydrogen) atoms. The first kappa shape index (κ1) is 7.48. The number of hydrogen-bond donors (Lipinski definition) is 0. The van der Waals surface area contributed by atoms with Crippen LogP contribution >= 0.6 is 0 Å². The number of carbonyl (C=O) groups excluding carboxylic acids is 1. The number of rotatable bonds is 2. The molecule has 2 nitrogen and oxygen atoms in total. The highest BCUT2D eigenvalue weighted by Crippen LogP contribution is 2.10. The Bertz CT molecular complexity index is 138. The summed E-state index contributed by atoms with van der Waals surface area (Å²) >= 11 is 0. The van der Waals surface area contributed by atoms with Gasteiger partial charge in [0.15, 0.2) is 0 Å². The molecule has 0 aromatic rings. The van der Waals surface area contributed by atoms with Crippen molar-refractivity contribution in [2.45, 2.75) is 19.3 Å². The zero-order valence-electron chi connectivity index (χ0n) is 6.01. The van der Waals surface area contributed by atoms with E-state index in [2.05, 4.69) is 6.08 Å². The molecule has 0 fully saturated rings. The van der Waals surface area contributed by atoms with Gasteiger partial charge in [-0.1, -0.05) is 11.6 Å². The summed E-state index contributed by atoms with van der Waals surface area (Å²) in [7, 11) is 0. The Hall–Kier alpha value is -0.630. The summed E-state index contributed by atoms with van der Waals surface area (Å²) in [6.45, 7) is 1.59. The van der Waals surface area contributed by atoms with Gasteiger partial charge in [-0.2, -0.15) is 0 Å². The van der Waals surface area contributed by atoms with Gasteiger partial charge in [0.05, 0.1) is 13.2 Å². The second kappa shape index (κ2) is 4.23. The van der Waals surface area contributed by atoms with E-state index in [0.717, 1.165) is 32.3 Å². The SMILES string of the molecule is O=CCC1=CCCOCC1. The van der Waals surface area contributed by atoms with Crippen molar-refractivity contribution < 1.29 is 9.53 Å². The number of aldehydes is 1. The van der Waals surface area contributed by atoms with Gasteiger partial charge in [0.2, 0.25) is 0 Å². The normalized spacial score (nSPS) is 19.4. The first-order valence-electron chi connectivity index (χ1n) is 3.63. The summed E-state index contributed by atoms with van der Waals surface area (Å²) in [6.07, 6.45) is 5.55. The van der Waals surface area contributed by atoms with Gasteiger partial charge in [0.1, 0.15) is 6.29 Å². The van der Waals surface area contributed by atoms with Crippen molar-refractivity contribution in [1.82, 2.24) is 0 Å². The van der Waals surface area contributed by atoms with Crippen molar-refractivity contribution in [2.24, 2.45) is 0 Å². The van der Waals surface area contributed by atoms with Crippen LogP contribution in [0.25, 0.3) is 0 Å². The van der Waals surface area contributed by atoms with Crippen molar-refractivity contribution in [3.05, 3.63) is 11.6 Å². The van der Waals surface area contributed by atoms with E-state index in [1.54, 1.807) is 0 Å². The van der Waals surface area contributed by atoms with Crippen molar-refractivity contribution >= 4 is 6.29 Å². The molecule has 2 heteroatoms. The Morgan fingerprint density at radius 1 is 1.60 bits per heavy atom. The molecule has 1 rings (SSSR count). The van der Waals surface area contributed by atoms with E-state index in [1.807, 2.05) is 0 Å². The molecule has 0 saturated carbocycles. The molecule has 0 aliphatic carbocycles. The highest BCUT2D eigenvalue weighted by atomic mass is 16.5. The minimum atomic E-state index is 0.587. The van der Waals surface area contributed by atoms with Gasteiger partial charge < -0.3 is 9.53 Å².